The molecule has 2 N–H and O–H groups in total. The fraction of sp³-hybridized carbons (Fsp3) is 0. The Hall–Kier alpha value is -1.29. The normalized spacial score (nSPS) is 9.92. The molecule has 13 heavy (non-hydrogen) atoms. The lowest BCUT2D eigenvalue weighted by Gasteiger charge is -2.01. The Morgan fingerprint density at radius 1 is 1.38 bits per heavy atom. The fourth-order valence-corrected chi connectivity index (χ4v) is 1.44. The molecule has 0 spiro atoms. The number of rotatable bonds is 2. The molecule has 4 heteroatoms. The second-order valence-electron chi connectivity index (χ2n) is 2.57. The molecule has 0 amide bonds. The van der Waals surface area contributed by atoms with E-state index in [0.29, 0.717) is 0 Å². The molecule has 3 nitrogen and oxygen atoms in total. The summed E-state index contributed by atoms with van der Waals surface area (Å²) in [5.74, 6) is 0.748. The standard InChI is InChI=1S/C9H8BrN3/c10-7-2-1-3-8(6-7)13-9-11-4-5-12-9/h1-6H,(H2,11,12,13). The average molecular weight is 238 g/mol. The summed E-state index contributed by atoms with van der Waals surface area (Å²) < 4.78 is 1.05. The molecule has 2 rings (SSSR count). The average Bonchev–Trinajstić information content (AvgIpc) is 2.57. The van der Waals surface area contributed by atoms with Crippen LogP contribution in [-0.2, 0) is 0 Å². The maximum atomic E-state index is 4.06. The summed E-state index contributed by atoms with van der Waals surface area (Å²) in [4.78, 5) is 7.03. The first kappa shape index (κ1) is 8.31. The van der Waals surface area contributed by atoms with Crippen molar-refractivity contribution in [2.24, 2.45) is 0 Å². The molecule has 66 valence electrons. The van der Waals surface area contributed by atoms with Gasteiger partial charge in [0.15, 0.2) is 0 Å². The van der Waals surface area contributed by atoms with Crippen molar-refractivity contribution >= 4 is 27.6 Å². The van der Waals surface area contributed by atoms with Gasteiger partial charge in [-0.3, -0.25) is 0 Å². The molecule has 1 heterocycles. The third kappa shape index (κ3) is 2.09. The molecule has 0 aliphatic rings. The van der Waals surface area contributed by atoms with Crippen LogP contribution >= 0.6 is 15.9 Å². The molecular weight excluding hydrogens is 230 g/mol. The van der Waals surface area contributed by atoms with Crippen molar-refractivity contribution in [1.82, 2.24) is 9.97 Å². The van der Waals surface area contributed by atoms with E-state index >= 15 is 0 Å². The van der Waals surface area contributed by atoms with Gasteiger partial charge < -0.3 is 10.3 Å². The summed E-state index contributed by atoms with van der Waals surface area (Å²) in [6, 6.07) is 7.92. The third-order valence-corrected chi connectivity index (χ3v) is 2.08. The van der Waals surface area contributed by atoms with Crippen molar-refractivity contribution in [2.45, 2.75) is 0 Å². The summed E-state index contributed by atoms with van der Waals surface area (Å²) in [6.45, 7) is 0. The summed E-state index contributed by atoms with van der Waals surface area (Å²) in [7, 11) is 0. The largest absolute Gasteiger partial charge is 0.331 e. The Bertz CT molecular complexity index is 384. The van der Waals surface area contributed by atoms with Crippen LogP contribution in [0.3, 0.4) is 0 Å². The van der Waals surface area contributed by atoms with Crippen LogP contribution in [0, 0.1) is 0 Å². The number of hydrogen-bond acceptors (Lipinski definition) is 2. The van der Waals surface area contributed by atoms with Gasteiger partial charge in [0.25, 0.3) is 0 Å². The quantitative estimate of drug-likeness (QED) is 0.844. The molecule has 0 bridgehead atoms. The molecule has 0 aliphatic heterocycles. The number of hydrogen-bond donors (Lipinski definition) is 2. The van der Waals surface area contributed by atoms with Gasteiger partial charge >= 0.3 is 0 Å². The van der Waals surface area contributed by atoms with Crippen molar-refractivity contribution in [3.8, 4) is 0 Å². The Morgan fingerprint density at radius 3 is 3.00 bits per heavy atom. The second kappa shape index (κ2) is 3.62. The van der Waals surface area contributed by atoms with Gasteiger partial charge in [0.1, 0.15) is 0 Å². The minimum atomic E-state index is 0.748. The molecular formula is C9H8BrN3. The van der Waals surface area contributed by atoms with E-state index in [1.165, 1.54) is 0 Å². The van der Waals surface area contributed by atoms with Crippen molar-refractivity contribution < 1.29 is 0 Å². The zero-order valence-electron chi connectivity index (χ0n) is 6.79. The van der Waals surface area contributed by atoms with Crippen LogP contribution in [0.2, 0.25) is 0 Å². The molecule has 2 aromatic rings. The first-order chi connectivity index (χ1) is 6.34. The van der Waals surface area contributed by atoms with Crippen LogP contribution in [0.15, 0.2) is 41.1 Å². The highest BCUT2D eigenvalue weighted by atomic mass is 79.9. The number of H-pyrrole nitrogens is 1. The number of nitrogens with one attached hydrogen (secondary N) is 2. The number of aromatic nitrogens is 2. The Morgan fingerprint density at radius 2 is 2.31 bits per heavy atom. The lowest BCUT2D eigenvalue weighted by atomic mass is 10.3. The molecule has 0 atom stereocenters. The molecule has 0 fully saturated rings. The van der Waals surface area contributed by atoms with E-state index < -0.39 is 0 Å². The molecule has 1 aromatic carbocycles. The van der Waals surface area contributed by atoms with Crippen LogP contribution in [0.1, 0.15) is 0 Å². The maximum Gasteiger partial charge on any atom is 0.204 e. The summed E-state index contributed by atoms with van der Waals surface area (Å²) in [5.41, 5.74) is 1.00. The number of benzene rings is 1. The molecule has 0 saturated heterocycles. The van der Waals surface area contributed by atoms with Gasteiger partial charge in [0.05, 0.1) is 0 Å². The summed E-state index contributed by atoms with van der Waals surface area (Å²) >= 11 is 3.40. The van der Waals surface area contributed by atoms with Crippen LogP contribution in [-0.4, -0.2) is 9.97 Å². The number of halogens is 1. The van der Waals surface area contributed by atoms with Gasteiger partial charge in [0.2, 0.25) is 5.95 Å². The summed E-state index contributed by atoms with van der Waals surface area (Å²) in [5, 5.41) is 3.13. The zero-order valence-corrected chi connectivity index (χ0v) is 8.38. The smallest absolute Gasteiger partial charge is 0.204 e. The highest BCUT2D eigenvalue weighted by molar-refractivity contribution is 9.10. The van der Waals surface area contributed by atoms with Gasteiger partial charge in [-0.1, -0.05) is 22.0 Å². The SMILES string of the molecule is Brc1cccc(Nc2ncc[nH]2)c1. The van der Waals surface area contributed by atoms with Crippen molar-refractivity contribution in [3.05, 3.63) is 41.1 Å². The first-order valence-electron chi connectivity index (χ1n) is 3.86. The fourth-order valence-electron chi connectivity index (χ4n) is 1.04. The second-order valence-corrected chi connectivity index (χ2v) is 3.49. The Kier molecular flexibility index (Phi) is 2.31. The maximum absolute atomic E-state index is 4.06. The molecule has 0 aliphatic carbocycles. The Balaban J connectivity index is 2.19. The zero-order chi connectivity index (χ0) is 9.10. The van der Waals surface area contributed by atoms with Crippen LogP contribution in [0.4, 0.5) is 11.6 Å². The monoisotopic (exact) mass is 237 g/mol. The van der Waals surface area contributed by atoms with Gasteiger partial charge in [-0.15, -0.1) is 0 Å². The van der Waals surface area contributed by atoms with Gasteiger partial charge in [-0.05, 0) is 18.2 Å². The molecule has 1 aromatic heterocycles. The van der Waals surface area contributed by atoms with Gasteiger partial charge in [-0.25, -0.2) is 4.98 Å². The van der Waals surface area contributed by atoms with E-state index in [2.05, 4.69) is 31.2 Å². The molecule has 0 radical (unpaired) electrons. The predicted molar refractivity (Wildman–Crippen MR) is 56.0 cm³/mol. The van der Waals surface area contributed by atoms with E-state index in [9.17, 15) is 0 Å². The van der Waals surface area contributed by atoms with Crippen LogP contribution < -0.4 is 5.32 Å². The summed E-state index contributed by atoms with van der Waals surface area (Å²) in [6.07, 6.45) is 3.49. The first-order valence-corrected chi connectivity index (χ1v) is 4.66. The number of imidazole rings is 1. The van der Waals surface area contributed by atoms with Gasteiger partial charge in [0, 0.05) is 22.6 Å². The van der Waals surface area contributed by atoms with Crippen LogP contribution in [0.5, 0.6) is 0 Å². The lowest BCUT2D eigenvalue weighted by molar-refractivity contribution is 1.29. The molecule has 0 saturated carbocycles. The highest BCUT2D eigenvalue weighted by Crippen LogP contribution is 2.17. The minimum Gasteiger partial charge on any atom is -0.331 e. The van der Waals surface area contributed by atoms with E-state index in [4.69, 9.17) is 0 Å². The van der Waals surface area contributed by atoms with Crippen molar-refractivity contribution in [2.75, 3.05) is 5.32 Å². The molecule has 0 unspecified atom stereocenters. The number of anilines is 2. The number of nitrogens with zero attached hydrogens (tertiary/aromatic N) is 1. The predicted octanol–water partition coefficient (Wildman–Crippen LogP) is 2.92. The Labute approximate surface area is 84.3 Å². The highest BCUT2D eigenvalue weighted by Gasteiger charge is 1.95. The van der Waals surface area contributed by atoms with E-state index in [0.717, 1.165) is 16.1 Å². The lowest BCUT2D eigenvalue weighted by Crippen LogP contribution is -1.91. The van der Waals surface area contributed by atoms with Gasteiger partial charge in [-0.2, -0.15) is 0 Å². The van der Waals surface area contributed by atoms with Crippen LogP contribution in [0.25, 0.3) is 0 Å². The van der Waals surface area contributed by atoms with E-state index in [-0.39, 0.29) is 0 Å². The van der Waals surface area contributed by atoms with Crippen molar-refractivity contribution in [1.29, 1.82) is 0 Å². The third-order valence-electron chi connectivity index (χ3n) is 1.59. The van der Waals surface area contributed by atoms with E-state index in [1.807, 2.05) is 24.3 Å². The number of aromatic amines is 1. The van der Waals surface area contributed by atoms with Crippen molar-refractivity contribution in [3.63, 3.8) is 0 Å². The topological polar surface area (TPSA) is 40.7 Å². The van der Waals surface area contributed by atoms with E-state index in [1.54, 1.807) is 12.4 Å². The minimum absolute atomic E-state index is 0.748.